The number of aliphatic hydroxyl groups excluding tert-OH is 2. The van der Waals surface area contributed by atoms with Crippen LogP contribution < -0.4 is 4.72 Å². The predicted octanol–water partition coefficient (Wildman–Crippen LogP) is 0.612. The van der Waals surface area contributed by atoms with Crippen molar-refractivity contribution in [3.05, 3.63) is 28.7 Å². The highest BCUT2D eigenvalue weighted by molar-refractivity contribution is 9.10. The number of sulfonamides is 1. The molecular formula is C11H14BrNO4S. The second kappa shape index (κ2) is 5.26. The number of benzene rings is 1. The molecule has 1 aromatic rings. The Balaban J connectivity index is 2.13. The maximum Gasteiger partial charge on any atom is 0.240 e. The van der Waals surface area contributed by atoms with Gasteiger partial charge < -0.3 is 10.2 Å². The Morgan fingerprint density at radius 2 is 1.83 bits per heavy atom. The third-order valence-corrected chi connectivity index (χ3v) is 4.94. The van der Waals surface area contributed by atoms with E-state index in [1.54, 1.807) is 12.1 Å². The number of rotatable bonds is 3. The van der Waals surface area contributed by atoms with Crippen molar-refractivity contribution in [3.63, 3.8) is 0 Å². The Morgan fingerprint density at radius 1 is 1.22 bits per heavy atom. The van der Waals surface area contributed by atoms with E-state index >= 15 is 0 Å². The molecule has 2 rings (SSSR count). The largest absolute Gasteiger partial charge is 0.390 e. The normalized spacial score (nSPS) is 28.5. The fraction of sp³-hybridized carbons (Fsp3) is 0.455. The number of hydrogen-bond donors (Lipinski definition) is 3. The first-order valence-corrected chi connectivity index (χ1v) is 7.80. The smallest absolute Gasteiger partial charge is 0.240 e. The molecule has 1 aromatic carbocycles. The molecule has 0 aliphatic heterocycles. The van der Waals surface area contributed by atoms with Gasteiger partial charge in [0.1, 0.15) is 0 Å². The monoisotopic (exact) mass is 335 g/mol. The second-order valence-electron chi connectivity index (χ2n) is 4.38. The van der Waals surface area contributed by atoms with Gasteiger partial charge in [-0.05, 0) is 31.0 Å². The first kappa shape index (κ1) is 14.0. The molecule has 100 valence electrons. The molecule has 1 fully saturated rings. The van der Waals surface area contributed by atoms with Crippen LogP contribution in [0.5, 0.6) is 0 Å². The molecule has 0 aromatic heterocycles. The zero-order valence-electron chi connectivity index (χ0n) is 9.45. The van der Waals surface area contributed by atoms with Crippen LogP contribution in [0.1, 0.15) is 12.8 Å². The van der Waals surface area contributed by atoms with Gasteiger partial charge in [0, 0.05) is 10.5 Å². The van der Waals surface area contributed by atoms with E-state index in [-0.39, 0.29) is 17.7 Å². The summed E-state index contributed by atoms with van der Waals surface area (Å²) in [6, 6.07) is 5.94. The van der Waals surface area contributed by atoms with Crippen LogP contribution in [0.25, 0.3) is 0 Å². The number of aliphatic hydroxyl groups is 2. The minimum Gasteiger partial charge on any atom is -0.390 e. The van der Waals surface area contributed by atoms with E-state index in [4.69, 9.17) is 0 Å². The van der Waals surface area contributed by atoms with Crippen LogP contribution >= 0.6 is 15.9 Å². The molecule has 3 atom stereocenters. The van der Waals surface area contributed by atoms with Gasteiger partial charge in [0.15, 0.2) is 0 Å². The van der Waals surface area contributed by atoms with E-state index in [1.165, 1.54) is 12.1 Å². The maximum absolute atomic E-state index is 12.1. The van der Waals surface area contributed by atoms with Crippen LogP contribution in [-0.2, 0) is 10.0 Å². The molecule has 1 aliphatic rings. The summed E-state index contributed by atoms with van der Waals surface area (Å²) in [6.07, 6.45) is -1.26. The lowest BCUT2D eigenvalue weighted by Gasteiger charge is -2.12. The van der Waals surface area contributed by atoms with Gasteiger partial charge in [0.05, 0.1) is 17.1 Å². The zero-order valence-corrected chi connectivity index (χ0v) is 11.9. The average Bonchev–Trinajstić information content (AvgIpc) is 2.57. The highest BCUT2D eigenvalue weighted by Crippen LogP contribution is 2.22. The topological polar surface area (TPSA) is 86.6 Å². The van der Waals surface area contributed by atoms with Gasteiger partial charge in [0.25, 0.3) is 0 Å². The van der Waals surface area contributed by atoms with Gasteiger partial charge >= 0.3 is 0 Å². The Hall–Kier alpha value is -0.470. The maximum atomic E-state index is 12.1. The molecule has 1 aliphatic carbocycles. The molecule has 0 amide bonds. The summed E-state index contributed by atoms with van der Waals surface area (Å²) in [7, 11) is -3.62. The molecule has 5 nitrogen and oxygen atoms in total. The van der Waals surface area contributed by atoms with Crippen molar-refractivity contribution in [3.8, 4) is 0 Å². The lowest BCUT2D eigenvalue weighted by atomic mass is 10.3. The molecule has 1 saturated carbocycles. The fourth-order valence-corrected chi connectivity index (χ4v) is 3.87. The molecule has 1 unspecified atom stereocenters. The molecule has 0 heterocycles. The van der Waals surface area contributed by atoms with E-state index in [0.29, 0.717) is 4.47 Å². The minimum atomic E-state index is -3.62. The zero-order chi connectivity index (χ0) is 13.3. The number of halogens is 1. The average molecular weight is 336 g/mol. The molecule has 0 spiro atoms. The van der Waals surface area contributed by atoms with Gasteiger partial charge in [0.2, 0.25) is 10.0 Å². The van der Waals surface area contributed by atoms with Gasteiger partial charge in [-0.3, -0.25) is 0 Å². The van der Waals surface area contributed by atoms with Crippen molar-refractivity contribution in [2.45, 2.75) is 36.0 Å². The van der Waals surface area contributed by atoms with Crippen molar-refractivity contribution in [2.75, 3.05) is 0 Å². The van der Waals surface area contributed by atoms with E-state index in [1.807, 2.05) is 0 Å². The first-order chi connectivity index (χ1) is 8.38. The molecule has 18 heavy (non-hydrogen) atoms. The van der Waals surface area contributed by atoms with Crippen LogP contribution in [0.4, 0.5) is 0 Å². The lowest BCUT2D eigenvalue weighted by Crippen LogP contribution is -2.33. The Bertz CT molecular complexity index is 524. The van der Waals surface area contributed by atoms with Crippen molar-refractivity contribution < 1.29 is 18.6 Å². The third-order valence-electron chi connectivity index (χ3n) is 2.92. The molecule has 0 radical (unpaired) electrons. The van der Waals surface area contributed by atoms with Crippen LogP contribution in [0.15, 0.2) is 33.6 Å². The molecule has 3 N–H and O–H groups in total. The minimum absolute atomic E-state index is 0.160. The SMILES string of the molecule is O=S(=O)(NC1C[C@@H](O)[C@@H](O)C1)c1cccc(Br)c1. The van der Waals surface area contributed by atoms with Crippen LogP contribution in [-0.4, -0.2) is 36.9 Å². The summed E-state index contributed by atoms with van der Waals surface area (Å²) in [4.78, 5) is 0.160. The van der Waals surface area contributed by atoms with Crippen molar-refractivity contribution in [1.29, 1.82) is 0 Å². The Labute approximate surface area is 114 Å². The third kappa shape index (κ3) is 3.10. The highest BCUT2D eigenvalue weighted by atomic mass is 79.9. The van der Waals surface area contributed by atoms with Crippen molar-refractivity contribution >= 4 is 26.0 Å². The summed E-state index contributed by atoms with van der Waals surface area (Å²) in [5, 5.41) is 18.8. The van der Waals surface area contributed by atoms with Crippen molar-refractivity contribution in [2.24, 2.45) is 0 Å². The summed E-state index contributed by atoms with van der Waals surface area (Å²) >= 11 is 3.21. The summed E-state index contributed by atoms with van der Waals surface area (Å²) in [6.45, 7) is 0. The van der Waals surface area contributed by atoms with E-state index < -0.39 is 28.3 Å². The number of nitrogens with one attached hydrogen (secondary N) is 1. The van der Waals surface area contributed by atoms with Gasteiger partial charge in [-0.1, -0.05) is 22.0 Å². The molecule has 0 bridgehead atoms. The lowest BCUT2D eigenvalue weighted by molar-refractivity contribution is 0.0438. The second-order valence-corrected chi connectivity index (χ2v) is 7.01. The predicted molar refractivity (Wildman–Crippen MR) is 69.5 cm³/mol. The Morgan fingerprint density at radius 3 is 2.39 bits per heavy atom. The standard InChI is InChI=1S/C11H14BrNO4S/c12-7-2-1-3-9(4-7)18(16,17)13-8-5-10(14)11(15)6-8/h1-4,8,10-11,13-15H,5-6H2/t8?,10-,11+. The van der Waals surface area contributed by atoms with Gasteiger partial charge in [-0.15, -0.1) is 0 Å². The van der Waals surface area contributed by atoms with Crippen LogP contribution in [0.3, 0.4) is 0 Å². The van der Waals surface area contributed by atoms with E-state index in [0.717, 1.165) is 0 Å². The first-order valence-electron chi connectivity index (χ1n) is 5.52. The van der Waals surface area contributed by atoms with Gasteiger partial charge in [-0.25, -0.2) is 13.1 Å². The molecular weight excluding hydrogens is 322 g/mol. The Kier molecular flexibility index (Phi) is 4.08. The quantitative estimate of drug-likeness (QED) is 0.755. The van der Waals surface area contributed by atoms with E-state index in [9.17, 15) is 18.6 Å². The van der Waals surface area contributed by atoms with Crippen LogP contribution in [0, 0.1) is 0 Å². The summed E-state index contributed by atoms with van der Waals surface area (Å²) in [5.74, 6) is 0. The summed E-state index contributed by atoms with van der Waals surface area (Å²) < 4.78 is 27.3. The van der Waals surface area contributed by atoms with E-state index in [2.05, 4.69) is 20.7 Å². The van der Waals surface area contributed by atoms with Crippen molar-refractivity contribution in [1.82, 2.24) is 4.72 Å². The summed E-state index contributed by atoms with van der Waals surface area (Å²) in [5.41, 5.74) is 0. The van der Waals surface area contributed by atoms with Crippen LogP contribution in [0.2, 0.25) is 0 Å². The molecule has 0 saturated heterocycles. The molecule has 7 heteroatoms. The highest BCUT2D eigenvalue weighted by Gasteiger charge is 2.34. The fourth-order valence-electron chi connectivity index (χ4n) is 2.01. The number of hydrogen-bond acceptors (Lipinski definition) is 4. The van der Waals surface area contributed by atoms with Gasteiger partial charge in [-0.2, -0.15) is 0 Å².